The van der Waals surface area contributed by atoms with Crippen LogP contribution in [-0.2, 0) is 21.7 Å². The summed E-state index contributed by atoms with van der Waals surface area (Å²) in [7, 11) is 0.295. The zero-order valence-corrected chi connectivity index (χ0v) is 11.6. The van der Waals surface area contributed by atoms with Crippen LogP contribution in [0.15, 0.2) is 35.9 Å². The number of halogens is 3. The van der Waals surface area contributed by atoms with E-state index >= 15 is 0 Å². The predicted molar refractivity (Wildman–Crippen MR) is 70.0 cm³/mol. The first-order chi connectivity index (χ1) is 9.43. The molecule has 2 unspecified atom stereocenters. The predicted octanol–water partition coefficient (Wildman–Crippen LogP) is 2.89. The molecule has 2 rings (SSSR count). The zero-order valence-electron chi connectivity index (χ0n) is 10.8. The molecule has 0 bridgehead atoms. The SMILES string of the molecule is COCCN1C=CS(=O)C1c1ccc(C(F)(F)F)cc1. The summed E-state index contributed by atoms with van der Waals surface area (Å²) in [6.45, 7) is 0.989. The fraction of sp³-hybridized carbons (Fsp3) is 0.385. The molecular weight excluding hydrogens is 291 g/mol. The van der Waals surface area contributed by atoms with E-state index in [-0.39, 0.29) is 0 Å². The molecule has 0 aliphatic carbocycles. The molecule has 2 atom stereocenters. The molecule has 0 spiro atoms. The largest absolute Gasteiger partial charge is 0.416 e. The van der Waals surface area contributed by atoms with Gasteiger partial charge in [-0.15, -0.1) is 0 Å². The van der Waals surface area contributed by atoms with Gasteiger partial charge < -0.3 is 9.64 Å². The van der Waals surface area contributed by atoms with E-state index in [1.54, 1.807) is 13.3 Å². The van der Waals surface area contributed by atoms with Gasteiger partial charge in [-0.1, -0.05) is 12.1 Å². The Kier molecular flexibility index (Phi) is 4.49. The standard InChI is InChI=1S/C13H14F3NO2S/c1-19-8-6-17-7-9-20(18)12(17)10-2-4-11(5-3-10)13(14,15)16/h2-5,7,9,12H,6,8H2,1H3. The lowest BCUT2D eigenvalue weighted by Crippen LogP contribution is -2.25. The van der Waals surface area contributed by atoms with Crippen LogP contribution < -0.4 is 0 Å². The Labute approximate surface area is 117 Å². The summed E-state index contributed by atoms with van der Waals surface area (Å²) in [6, 6.07) is 4.77. The van der Waals surface area contributed by atoms with Crippen LogP contribution in [0.25, 0.3) is 0 Å². The molecule has 0 radical (unpaired) electrons. The van der Waals surface area contributed by atoms with Gasteiger partial charge in [0.2, 0.25) is 0 Å². The highest BCUT2D eigenvalue weighted by molar-refractivity contribution is 7.88. The normalized spacial score (nSPS) is 22.5. The highest BCUT2D eigenvalue weighted by atomic mass is 32.2. The number of ether oxygens (including phenoxy) is 1. The molecule has 1 aromatic rings. The average Bonchev–Trinajstić information content (AvgIpc) is 2.76. The maximum atomic E-state index is 12.5. The molecule has 0 aromatic heterocycles. The zero-order chi connectivity index (χ0) is 14.8. The smallest absolute Gasteiger partial charge is 0.383 e. The van der Waals surface area contributed by atoms with Gasteiger partial charge >= 0.3 is 6.18 Å². The van der Waals surface area contributed by atoms with Crippen molar-refractivity contribution >= 4 is 10.8 Å². The van der Waals surface area contributed by atoms with Gasteiger partial charge in [-0.3, -0.25) is 4.21 Å². The van der Waals surface area contributed by atoms with Crippen LogP contribution in [0.1, 0.15) is 16.5 Å². The van der Waals surface area contributed by atoms with Crippen molar-refractivity contribution in [3.8, 4) is 0 Å². The Morgan fingerprint density at radius 1 is 1.30 bits per heavy atom. The maximum absolute atomic E-state index is 12.5. The lowest BCUT2D eigenvalue weighted by Gasteiger charge is -2.24. The van der Waals surface area contributed by atoms with E-state index < -0.39 is 27.9 Å². The van der Waals surface area contributed by atoms with E-state index in [9.17, 15) is 17.4 Å². The molecule has 0 saturated carbocycles. The van der Waals surface area contributed by atoms with Crippen molar-refractivity contribution in [3.63, 3.8) is 0 Å². The number of nitrogens with zero attached hydrogens (tertiary/aromatic N) is 1. The highest BCUT2D eigenvalue weighted by Gasteiger charge is 2.32. The van der Waals surface area contributed by atoms with Crippen molar-refractivity contribution in [2.24, 2.45) is 0 Å². The van der Waals surface area contributed by atoms with Gasteiger partial charge in [-0.2, -0.15) is 13.2 Å². The van der Waals surface area contributed by atoms with Gasteiger partial charge in [0, 0.05) is 25.3 Å². The lowest BCUT2D eigenvalue weighted by molar-refractivity contribution is -0.137. The molecule has 1 aliphatic heterocycles. The number of hydrogen-bond donors (Lipinski definition) is 0. The highest BCUT2D eigenvalue weighted by Crippen LogP contribution is 2.33. The molecule has 0 saturated heterocycles. The van der Waals surface area contributed by atoms with E-state index in [0.717, 1.165) is 12.1 Å². The Morgan fingerprint density at radius 2 is 1.95 bits per heavy atom. The molecule has 7 heteroatoms. The molecule has 20 heavy (non-hydrogen) atoms. The fourth-order valence-corrected chi connectivity index (χ4v) is 3.27. The first kappa shape index (κ1) is 15.1. The third kappa shape index (κ3) is 3.21. The molecule has 1 heterocycles. The van der Waals surface area contributed by atoms with Gasteiger partial charge in [0.25, 0.3) is 0 Å². The minimum atomic E-state index is -4.36. The van der Waals surface area contributed by atoms with Crippen molar-refractivity contribution in [1.29, 1.82) is 0 Å². The first-order valence-corrected chi connectivity index (χ1v) is 7.20. The molecule has 110 valence electrons. The van der Waals surface area contributed by atoms with Crippen LogP contribution in [0.5, 0.6) is 0 Å². The monoisotopic (exact) mass is 305 g/mol. The number of rotatable bonds is 4. The van der Waals surface area contributed by atoms with Crippen LogP contribution in [0.3, 0.4) is 0 Å². The van der Waals surface area contributed by atoms with Gasteiger partial charge in [-0.25, -0.2) is 0 Å². The van der Waals surface area contributed by atoms with Gasteiger partial charge in [0.05, 0.1) is 23.0 Å². The fourth-order valence-electron chi connectivity index (χ4n) is 1.98. The molecule has 0 amide bonds. The molecule has 1 aliphatic rings. The average molecular weight is 305 g/mol. The number of benzene rings is 1. The van der Waals surface area contributed by atoms with Crippen LogP contribution in [0.4, 0.5) is 13.2 Å². The van der Waals surface area contributed by atoms with Crippen molar-refractivity contribution in [2.45, 2.75) is 11.6 Å². The van der Waals surface area contributed by atoms with Crippen LogP contribution in [0, 0.1) is 0 Å². The first-order valence-electron chi connectivity index (χ1n) is 5.93. The van der Waals surface area contributed by atoms with Crippen LogP contribution >= 0.6 is 0 Å². The molecule has 3 nitrogen and oxygen atoms in total. The van der Waals surface area contributed by atoms with Crippen LogP contribution in [0.2, 0.25) is 0 Å². The quantitative estimate of drug-likeness (QED) is 0.856. The van der Waals surface area contributed by atoms with Crippen molar-refractivity contribution in [3.05, 3.63) is 47.0 Å². The Bertz CT molecular complexity index is 513. The second-order valence-corrected chi connectivity index (χ2v) is 5.69. The van der Waals surface area contributed by atoms with E-state index in [1.807, 2.05) is 4.90 Å². The molecular formula is C13H14F3NO2S. The minimum absolute atomic E-state index is 0.451. The summed E-state index contributed by atoms with van der Waals surface area (Å²) >= 11 is 0. The topological polar surface area (TPSA) is 29.5 Å². The third-order valence-electron chi connectivity index (χ3n) is 2.98. The van der Waals surface area contributed by atoms with Gasteiger partial charge in [-0.05, 0) is 17.7 Å². The second-order valence-electron chi connectivity index (χ2n) is 4.32. The summed E-state index contributed by atoms with van der Waals surface area (Å²) in [6.07, 6.45) is -2.67. The summed E-state index contributed by atoms with van der Waals surface area (Å²) in [4.78, 5) is 1.81. The lowest BCUT2D eigenvalue weighted by atomic mass is 10.1. The second kappa shape index (κ2) is 5.97. The van der Waals surface area contributed by atoms with Crippen molar-refractivity contribution in [2.75, 3.05) is 20.3 Å². The summed E-state index contributed by atoms with van der Waals surface area (Å²) < 4.78 is 54.5. The number of hydrogen-bond acceptors (Lipinski definition) is 3. The Hall–Kier alpha value is -1.34. The van der Waals surface area contributed by atoms with Crippen molar-refractivity contribution in [1.82, 2.24) is 4.90 Å². The number of methoxy groups -OCH3 is 1. The maximum Gasteiger partial charge on any atom is 0.416 e. The van der Waals surface area contributed by atoms with Gasteiger partial charge in [0.1, 0.15) is 5.37 Å². The van der Waals surface area contributed by atoms with Crippen LogP contribution in [-0.4, -0.2) is 29.4 Å². The molecule has 1 aromatic carbocycles. The third-order valence-corrected chi connectivity index (χ3v) is 4.36. The van der Waals surface area contributed by atoms with E-state index in [0.29, 0.717) is 18.7 Å². The van der Waals surface area contributed by atoms with E-state index in [2.05, 4.69) is 0 Å². The number of alkyl halides is 3. The van der Waals surface area contributed by atoms with Crippen molar-refractivity contribution < 1.29 is 22.1 Å². The molecule has 0 N–H and O–H groups in total. The Morgan fingerprint density at radius 3 is 2.50 bits per heavy atom. The van der Waals surface area contributed by atoms with E-state index in [1.165, 1.54) is 17.5 Å². The summed E-state index contributed by atoms with van der Waals surface area (Å²) in [5, 5.41) is 1.09. The summed E-state index contributed by atoms with van der Waals surface area (Å²) in [5.41, 5.74) is -0.112. The van der Waals surface area contributed by atoms with Gasteiger partial charge in [0.15, 0.2) is 0 Å². The van der Waals surface area contributed by atoms with E-state index in [4.69, 9.17) is 4.74 Å². The molecule has 0 fully saturated rings. The Balaban J connectivity index is 2.19. The summed E-state index contributed by atoms with van der Waals surface area (Å²) in [5.74, 6) is 0. The minimum Gasteiger partial charge on any atom is -0.383 e.